The van der Waals surface area contributed by atoms with E-state index in [9.17, 15) is 4.79 Å². The largest absolute Gasteiger partial charge is 0.461 e. The Hall–Kier alpha value is -1.42. The van der Waals surface area contributed by atoms with Crippen LogP contribution >= 0.6 is 11.8 Å². The highest BCUT2D eigenvalue weighted by atomic mass is 32.2. The van der Waals surface area contributed by atoms with Gasteiger partial charge in [-0.1, -0.05) is 31.5 Å². The van der Waals surface area contributed by atoms with Crippen LogP contribution in [0.2, 0.25) is 0 Å². The molecule has 0 bridgehead atoms. The van der Waals surface area contributed by atoms with Crippen molar-refractivity contribution in [3.05, 3.63) is 35.6 Å². The summed E-state index contributed by atoms with van der Waals surface area (Å²) in [6, 6.07) is 8.09. The summed E-state index contributed by atoms with van der Waals surface area (Å²) < 4.78 is 6.00. The van der Waals surface area contributed by atoms with E-state index in [-0.39, 0.29) is 5.91 Å². The predicted molar refractivity (Wildman–Crippen MR) is 89.7 cm³/mol. The highest BCUT2D eigenvalue weighted by Crippen LogP contribution is 2.28. The van der Waals surface area contributed by atoms with Crippen LogP contribution in [0.4, 0.5) is 0 Å². The lowest BCUT2D eigenvalue weighted by Crippen LogP contribution is -2.28. The van der Waals surface area contributed by atoms with E-state index in [2.05, 4.69) is 13.0 Å². The van der Waals surface area contributed by atoms with E-state index >= 15 is 0 Å². The molecule has 0 unspecified atom stereocenters. The lowest BCUT2D eigenvalue weighted by Gasteiger charge is -2.17. The molecule has 0 fully saturated rings. The minimum atomic E-state index is 0.161. The first-order chi connectivity index (χ1) is 10.2. The molecule has 0 radical (unpaired) electrons. The molecule has 1 aromatic heterocycles. The smallest absolute Gasteiger partial charge is 0.232 e. The summed E-state index contributed by atoms with van der Waals surface area (Å²) in [4.78, 5) is 13.8. The molecule has 1 amide bonds. The van der Waals surface area contributed by atoms with Crippen LogP contribution in [0.5, 0.6) is 0 Å². The zero-order valence-corrected chi connectivity index (χ0v) is 13.8. The van der Waals surface area contributed by atoms with E-state index in [4.69, 9.17) is 4.42 Å². The van der Waals surface area contributed by atoms with Gasteiger partial charge in [-0.15, -0.1) is 0 Å². The van der Waals surface area contributed by atoms with E-state index in [0.717, 1.165) is 41.6 Å². The average molecular weight is 305 g/mol. The quantitative estimate of drug-likeness (QED) is 0.772. The second-order valence-electron chi connectivity index (χ2n) is 5.29. The molecule has 0 aliphatic carbocycles. The van der Waals surface area contributed by atoms with E-state index in [1.165, 1.54) is 0 Å². The van der Waals surface area contributed by atoms with Crippen LogP contribution in [0, 0.1) is 0 Å². The molecule has 0 saturated heterocycles. The third kappa shape index (κ3) is 3.82. The van der Waals surface area contributed by atoms with Gasteiger partial charge in [0.2, 0.25) is 5.91 Å². The van der Waals surface area contributed by atoms with Gasteiger partial charge in [0.15, 0.2) is 0 Å². The Labute approximate surface area is 130 Å². The molecule has 4 heteroatoms. The van der Waals surface area contributed by atoms with Crippen molar-refractivity contribution in [2.45, 2.75) is 32.7 Å². The molecule has 0 aliphatic heterocycles. The van der Waals surface area contributed by atoms with Crippen molar-refractivity contribution in [3.8, 4) is 0 Å². The number of amides is 1. The van der Waals surface area contributed by atoms with Crippen LogP contribution in [-0.2, 0) is 17.8 Å². The van der Waals surface area contributed by atoms with Gasteiger partial charge < -0.3 is 9.32 Å². The van der Waals surface area contributed by atoms with Crippen molar-refractivity contribution in [1.82, 2.24) is 4.90 Å². The van der Waals surface area contributed by atoms with E-state index < -0.39 is 0 Å². The molecular weight excluding hydrogens is 282 g/mol. The normalized spacial score (nSPS) is 11.0. The lowest BCUT2D eigenvalue weighted by atomic mass is 10.1. The van der Waals surface area contributed by atoms with Crippen LogP contribution in [0.3, 0.4) is 0 Å². The molecule has 114 valence electrons. The molecule has 21 heavy (non-hydrogen) atoms. The molecule has 0 atom stereocenters. The van der Waals surface area contributed by atoms with Gasteiger partial charge in [0, 0.05) is 31.0 Å². The van der Waals surface area contributed by atoms with Gasteiger partial charge in [-0.25, -0.2) is 0 Å². The number of benzene rings is 1. The van der Waals surface area contributed by atoms with Gasteiger partial charge in [-0.2, -0.15) is 11.8 Å². The molecule has 2 rings (SSSR count). The van der Waals surface area contributed by atoms with Crippen molar-refractivity contribution >= 4 is 28.6 Å². The number of aryl methyl sites for hydroxylation is 1. The minimum Gasteiger partial charge on any atom is -0.461 e. The first kappa shape index (κ1) is 16.0. The number of thioether (sulfide) groups is 1. The number of hydrogen-bond donors (Lipinski definition) is 0. The van der Waals surface area contributed by atoms with E-state index in [1.54, 1.807) is 16.7 Å². The van der Waals surface area contributed by atoms with Crippen molar-refractivity contribution < 1.29 is 9.21 Å². The summed E-state index contributed by atoms with van der Waals surface area (Å²) in [5, 5.41) is 1.13. The highest BCUT2D eigenvalue weighted by molar-refractivity contribution is 7.99. The van der Waals surface area contributed by atoms with Crippen LogP contribution in [0.25, 0.3) is 11.0 Å². The van der Waals surface area contributed by atoms with Gasteiger partial charge in [0.05, 0.1) is 5.75 Å². The second kappa shape index (κ2) is 7.55. The zero-order valence-electron chi connectivity index (χ0n) is 13.0. The highest BCUT2D eigenvalue weighted by Gasteiger charge is 2.17. The van der Waals surface area contributed by atoms with Crippen molar-refractivity contribution in [3.63, 3.8) is 0 Å². The maximum absolute atomic E-state index is 12.0. The summed E-state index contributed by atoms with van der Waals surface area (Å²) in [5.74, 6) is 1.72. The average Bonchev–Trinajstić information content (AvgIpc) is 2.83. The standard InChI is InChI=1S/C17H23NO2S/c1-4-5-9-16-14(11-18(2)17(19)12-21-3)13-8-6-7-10-15(13)20-16/h6-8,10H,4-5,9,11-12H2,1-3H3. The molecule has 1 aromatic carbocycles. The number of para-hydroxylation sites is 1. The zero-order chi connectivity index (χ0) is 15.2. The topological polar surface area (TPSA) is 33.5 Å². The van der Waals surface area contributed by atoms with Crippen molar-refractivity contribution in [1.29, 1.82) is 0 Å². The summed E-state index contributed by atoms with van der Waals surface area (Å²) in [6.45, 7) is 2.80. The number of hydrogen-bond acceptors (Lipinski definition) is 3. The number of fused-ring (bicyclic) bond motifs is 1. The van der Waals surface area contributed by atoms with Crippen molar-refractivity contribution in [2.75, 3.05) is 19.1 Å². The maximum atomic E-state index is 12.0. The summed E-state index contributed by atoms with van der Waals surface area (Å²) in [5.41, 5.74) is 2.08. The molecule has 0 saturated carbocycles. The van der Waals surface area contributed by atoms with Gasteiger partial charge in [0.25, 0.3) is 0 Å². The molecule has 0 N–H and O–H groups in total. The molecule has 0 spiro atoms. The number of rotatable bonds is 7. The second-order valence-corrected chi connectivity index (χ2v) is 6.15. The Balaban J connectivity index is 2.28. The van der Waals surface area contributed by atoms with Gasteiger partial charge in [-0.05, 0) is 18.7 Å². The number of furan rings is 1. The number of nitrogens with zero attached hydrogens (tertiary/aromatic N) is 1. The molecule has 3 nitrogen and oxygen atoms in total. The van der Waals surface area contributed by atoms with Gasteiger partial charge in [-0.3, -0.25) is 4.79 Å². The fourth-order valence-corrected chi connectivity index (χ4v) is 2.89. The Morgan fingerprint density at radius 3 is 2.81 bits per heavy atom. The Morgan fingerprint density at radius 1 is 1.33 bits per heavy atom. The third-order valence-corrected chi connectivity index (χ3v) is 4.16. The van der Waals surface area contributed by atoms with Crippen LogP contribution < -0.4 is 0 Å². The number of carbonyl (C=O) groups is 1. The molecular formula is C17H23NO2S. The first-order valence-electron chi connectivity index (χ1n) is 7.39. The fourth-order valence-electron chi connectivity index (χ4n) is 2.42. The van der Waals surface area contributed by atoms with E-state index in [0.29, 0.717) is 12.3 Å². The number of carbonyl (C=O) groups excluding carboxylic acids is 1. The van der Waals surface area contributed by atoms with E-state index in [1.807, 2.05) is 31.5 Å². The Morgan fingerprint density at radius 2 is 2.10 bits per heavy atom. The van der Waals surface area contributed by atoms with Crippen molar-refractivity contribution in [2.24, 2.45) is 0 Å². The third-order valence-electron chi connectivity index (χ3n) is 3.63. The Kier molecular flexibility index (Phi) is 5.74. The predicted octanol–water partition coefficient (Wildman–Crippen LogP) is 4.10. The lowest BCUT2D eigenvalue weighted by molar-refractivity contribution is -0.127. The van der Waals surface area contributed by atoms with Crippen LogP contribution in [0.1, 0.15) is 31.1 Å². The summed E-state index contributed by atoms with van der Waals surface area (Å²) >= 11 is 1.56. The summed E-state index contributed by atoms with van der Waals surface area (Å²) in [6.07, 6.45) is 5.13. The van der Waals surface area contributed by atoms with Gasteiger partial charge in [0.1, 0.15) is 11.3 Å². The first-order valence-corrected chi connectivity index (χ1v) is 8.79. The molecule has 0 aliphatic rings. The Bertz CT molecular complexity index is 606. The monoisotopic (exact) mass is 305 g/mol. The molecule has 1 heterocycles. The minimum absolute atomic E-state index is 0.161. The maximum Gasteiger partial charge on any atom is 0.232 e. The van der Waals surface area contributed by atoms with Gasteiger partial charge >= 0.3 is 0 Å². The van der Waals surface area contributed by atoms with Crippen LogP contribution in [0.15, 0.2) is 28.7 Å². The van der Waals surface area contributed by atoms with Crippen LogP contribution in [-0.4, -0.2) is 29.9 Å². The fraction of sp³-hybridized carbons (Fsp3) is 0.471. The number of unbranched alkanes of at least 4 members (excludes halogenated alkanes) is 1. The molecule has 2 aromatic rings. The SMILES string of the molecule is CCCCc1oc2ccccc2c1CN(C)C(=O)CSC. The summed E-state index contributed by atoms with van der Waals surface area (Å²) in [7, 11) is 1.87.